The van der Waals surface area contributed by atoms with Crippen molar-refractivity contribution in [1.82, 2.24) is 4.48 Å². The van der Waals surface area contributed by atoms with Crippen LogP contribution in [0.2, 0.25) is 0 Å². The van der Waals surface area contributed by atoms with Crippen LogP contribution in [0.4, 0.5) is 11.4 Å². The van der Waals surface area contributed by atoms with Gasteiger partial charge in [-0.15, -0.1) is 0 Å². The van der Waals surface area contributed by atoms with E-state index in [4.69, 9.17) is 4.11 Å². The van der Waals surface area contributed by atoms with Crippen molar-refractivity contribution in [2.24, 2.45) is 0 Å². The molecule has 0 spiro atoms. The van der Waals surface area contributed by atoms with Crippen molar-refractivity contribution in [2.75, 3.05) is 41.2 Å². The first-order chi connectivity index (χ1) is 50.2. The van der Waals surface area contributed by atoms with Crippen molar-refractivity contribution in [2.45, 2.75) is 348 Å². The second-order valence-electron chi connectivity index (χ2n) is 38.2. The van der Waals surface area contributed by atoms with Gasteiger partial charge in [0.15, 0.2) is 0 Å². The smallest absolute Gasteiger partial charge is 0.138 e. The third-order valence-electron chi connectivity index (χ3n) is 27.1. The number of nitrogens with zero attached hydrogens (tertiary/aromatic N) is 5. The van der Waals surface area contributed by atoms with E-state index >= 15 is 0 Å². The number of hydrogen-bond donors (Lipinski definition) is 0. The summed E-state index contributed by atoms with van der Waals surface area (Å²) in [5.74, 6) is 2.59. The summed E-state index contributed by atoms with van der Waals surface area (Å²) in [6.07, 6.45) is 2.76. The van der Waals surface area contributed by atoms with Crippen molar-refractivity contribution in [1.29, 1.82) is 0 Å². The molecular formula is C101H164N5+5. The van der Waals surface area contributed by atoms with Gasteiger partial charge in [0, 0.05) is 40.7 Å². The van der Waals surface area contributed by atoms with Gasteiger partial charge in [-0.05, 0) is 248 Å². The molecule has 7 aromatic carbocycles. The molecular weight excluding hydrogens is 1280 g/mol. The van der Waals surface area contributed by atoms with Crippen molar-refractivity contribution in [3.63, 3.8) is 0 Å². The Hall–Kier alpha value is -5.66. The third-order valence-corrected chi connectivity index (χ3v) is 27.1. The molecule has 1 unspecified atom stereocenters. The van der Waals surface area contributed by atoms with Gasteiger partial charge in [0.2, 0.25) is 0 Å². The summed E-state index contributed by atoms with van der Waals surface area (Å²) in [5, 5.41) is 0. The van der Waals surface area contributed by atoms with Crippen LogP contribution in [0.1, 0.15) is 338 Å². The monoisotopic (exact) mass is 1450 g/mol. The van der Waals surface area contributed by atoms with Crippen LogP contribution in [-0.2, 0) is 27.7 Å². The Morgan fingerprint density at radius 3 is 0.783 bits per heavy atom. The van der Waals surface area contributed by atoms with Gasteiger partial charge in [-0.3, -0.25) is 0 Å². The summed E-state index contributed by atoms with van der Waals surface area (Å²) >= 11 is 0. The molecule has 1 heterocycles. The van der Waals surface area contributed by atoms with Crippen molar-refractivity contribution in [3.8, 4) is 0 Å². The highest BCUT2D eigenvalue weighted by atomic mass is 15.5. The Balaban J connectivity index is 0.000000290. The summed E-state index contributed by atoms with van der Waals surface area (Å²) in [6.45, 7) is 79.3. The largest absolute Gasteiger partial charge is 0.318 e. The lowest BCUT2D eigenvalue weighted by Crippen LogP contribution is -2.70. The average molecular weight is 1450 g/mol. The standard InChI is InChI=1S/C27H34N.C21H38N.C19H32N.2C17H30N/c1-21(2)25-19-13-14-20-26(25)27(5,6)28(22(3)4,23-15-9-7-10-16-23)24-17-11-8-12-18-24;1-15(2)19-13-11-12-14-20(19)21(9,10)22(16(3)4,17(5)6)18(7)8;1-15(2)17-11-7-8-12-18(17)19(5,6)20(16(3)4)13-9-10-14-20;2*1-13(2)15-11-9-10-12-16(15)17(5,6)18(7,8)14(3)4/h7-22H,1-6H3;11-18H,1-10H3;7-8,11-12,15-16H,9-10,13-14H2,1-6H3;2*9-14H,1-8H3/q5*+1/i;;;7D3;. The van der Waals surface area contributed by atoms with Gasteiger partial charge in [-0.1, -0.05) is 227 Å². The number of likely N-dealkylation sites (tertiary alicyclic amines) is 1. The van der Waals surface area contributed by atoms with E-state index in [1.54, 1.807) is 5.56 Å². The van der Waals surface area contributed by atoms with Crippen LogP contribution in [0.15, 0.2) is 182 Å². The van der Waals surface area contributed by atoms with E-state index in [1.807, 2.05) is 33.0 Å². The van der Waals surface area contributed by atoms with Crippen LogP contribution < -0.4 is 4.48 Å². The number of quaternary nitrogens is 5. The normalized spacial score (nSPS) is 15.3. The topological polar surface area (TPSA) is 0 Å². The maximum atomic E-state index is 8.10. The predicted molar refractivity (Wildman–Crippen MR) is 472 cm³/mol. The highest BCUT2D eigenvalue weighted by Gasteiger charge is 2.55. The minimum absolute atomic E-state index is 0.00674. The fourth-order valence-corrected chi connectivity index (χ4v) is 20.0. The van der Waals surface area contributed by atoms with E-state index in [-0.39, 0.29) is 32.7 Å². The highest BCUT2D eigenvalue weighted by Crippen LogP contribution is 2.52. The summed E-state index contributed by atoms with van der Waals surface area (Å²) in [5.41, 5.74) is 16.7. The summed E-state index contributed by atoms with van der Waals surface area (Å²) in [4.78, 5) is 0. The average Bonchev–Trinajstić information content (AvgIpc) is 1.23. The molecule has 0 amide bonds. The number of para-hydroxylation sites is 2. The van der Waals surface area contributed by atoms with E-state index in [9.17, 15) is 0 Å². The molecule has 588 valence electrons. The first-order valence-corrected chi connectivity index (χ1v) is 41.6. The summed E-state index contributed by atoms with van der Waals surface area (Å²) in [7, 11) is 6.53. The van der Waals surface area contributed by atoms with Gasteiger partial charge in [0.25, 0.3) is 0 Å². The lowest BCUT2D eigenvalue weighted by molar-refractivity contribution is -1.03. The minimum atomic E-state index is -2.07. The lowest BCUT2D eigenvalue weighted by Gasteiger charge is -2.59. The fourth-order valence-electron chi connectivity index (χ4n) is 20.0. The van der Waals surface area contributed by atoms with Crippen LogP contribution in [-0.4, -0.2) is 101 Å². The molecule has 106 heavy (non-hydrogen) atoms. The van der Waals surface area contributed by atoms with Gasteiger partial charge in [0.1, 0.15) is 39.1 Å². The zero-order chi connectivity index (χ0) is 83.4. The maximum Gasteiger partial charge on any atom is 0.138 e. The van der Waals surface area contributed by atoms with Gasteiger partial charge >= 0.3 is 0 Å². The van der Waals surface area contributed by atoms with Gasteiger partial charge in [-0.25, -0.2) is 4.48 Å². The fraction of sp³-hybridized carbons (Fsp3) is 0.584. The lowest BCUT2D eigenvalue weighted by atomic mass is 9.79. The minimum Gasteiger partial charge on any atom is -0.318 e. The number of rotatable bonds is 24. The molecule has 1 saturated heterocycles. The molecule has 1 aliphatic rings. The second-order valence-corrected chi connectivity index (χ2v) is 38.2. The molecule has 0 saturated carbocycles. The molecule has 0 bridgehead atoms. The molecule has 8 rings (SSSR count). The molecule has 0 aromatic heterocycles. The summed E-state index contributed by atoms with van der Waals surface area (Å²) in [6, 6.07) is 69.7. The van der Waals surface area contributed by atoms with E-state index in [1.165, 1.54) is 86.3 Å². The van der Waals surface area contributed by atoms with Crippen LogP contribution >= 0.6 is 0 Å². The molecule has 0 N–H and O–H groups in total. The number of benzene rings is 7. The Kier molecular flexibility index (Phi) is 30.9. The second kappa shape index (κ2) is 37.4. The maximum absolute atomic E-state index is 8.10. The Labute approximate surface area is 660 Å². The van der Waals surface area contributed by atoms with Crippen molar-refractivity contribution < 1.29 is 22.0 Å². The molecule has 1 atom stereocenters. The Bertz CT molecular complexity index is 3810. The first-order valence-electron chi connectivity index (χ1n) is 43.1. The molecule has 1 fully saturated rings. The van der Waals surface area contributed by atoms with Crippen LogP contribution in [0.25, 0.3) is 0 Å². The molecule has 1 aliphatic heterocycles. The van der Waals surface area contributed by atoms with Crippen LogP contribution in [0.3, 0.4) is 0 Å². The van der Waals surface area contributed by atoms with Crippen molar-refractivity contribution >= 4 is 11.4 Å². The van der Waals surface area contributed by atoms with Gasteiger partial charge in [0.05, 0.1) is 87.6 Å². The van der Waals surface area contributed by atoms with Crippen LogP contribution in [0.5, 0.6) is 0 Å². The number of hydrogen-bond acceptors (Lipinski definition) is 0. The Morgan fingerprint density at radius 1 is 0.283 bits per heavy atom. The first kappa shape index (κ1) is 87.6. The quantitative estimate of drug-likeness (QED) is 0.0529. The van der Waals surface area contributed by atoms with E-state index in [0.717, 1.165) is 19.0 Å². The van der Waals surface area contributed by atoms with Crippen LogP contribution in [0, 0.1) is 0 Å². The zero-order valence-corrected chi connectivity index (χ0v) is 75.3. The zero-order valence-electron chi connectivity index (χ0n) is 78.3. The highest BCUT2D eigenvalue weighted by molar-refractivity contribution is 5.63. The van der Waals surface area contributed by atoms with E-state index < -0.39 is 12.5 Å². The van der Waals surface area contributed by atoms with E-state index in [2.05, 4.69) is 406 Å². The summed E-state index contributed by atoms with van der Waals surface area (Å²) < 4.78 is 28.5. The molecule has 5 nitrogen and oxygen atoms in total. The molecule has 7 aromatic rings. The SMILES string of the molecule is CC(C)c1ccccc1C(C)(C)[N+](C(C)C)(C(C)C)C(C)C.CC(C)c1ccccc1C(C)(C)[N+](C)(C)C(C)C.CC(C)c1ccccc1C(C)(C)[N+](c1ccccc1)(c1ccccc1)C(C)C.CC(C)c1ccccc1C(C)(C)[N+]1(C(C)C)CCCC1.[2H]C([2H])([2H])[N+](C)(C(C)C)C(C)(C)c1ccccc1C(C)C. The van der Waals surface area contributed by atoms with E-state index in [0.29, 0.717) is 65.8 Å². The molecule has 0 aliphatic carbocycles. The predicted octanol–water partition coefficient (Wildman–Crippen LogP) is 28.0. The van der Waals surface area contributed by atoms with Gasteiger partial charge in [-0.2, -0.15) is 0 Å². The van der Waals surface area contributed by atoms with Gasteiger partial charge < -0.3 is 17.9 Å². The third kappa shape index (κ3) is 18.7. The van der Waals surface area contributed by atoms with Crippen molar-refractivity contribution in [3.05, 3.63) is 238 Å². The molecule has 5 heteroatoms. The Morgan fingerprint density at radius 2 is 0.528 bits per heavy atom. The molecule has 0 radical (unpaired) electrons.